The van der Waals surface area contributed by atoms with Crippen LogP contribution in [-0.4, -0.2) is 21.9 Å². The standard InChI is InChI=1S/C15H16N2O2/c1-11(2)17-7-6-12(10-17)9-16-14-5-3-4-13(8-14)15(18)19/h3-11H,1-2H3,(H,18,19). The minimum Gasteiger partial charge on any atom is -0.478 e. The highest BCUT2D eigenvalue weighted by atomic mass is 16.4. The number of benzene rings is 1. The Balaban J connectivity index is 2.17. The molecular formula is C15H16N2O2. The molecule has 4 nitrogen and oxygen atoms in total. The summed E-state index contributed by atoms with van der Waals surface area (Å²) < 4.78 is 2.09. The molecule has 0 fully saturated rings. The van der Waals surface area contributed by atoms with Gasteiger partial charge in [0.15, 0.2) is 0 Å². The Hall–Kier alpha value is -2.36. The van der Waals surface area contributed by atoms with Gasteiger partial charge in [-0.05, 0) is 38.1 Å². The predicted octanol–water partition coefficient (Wildman–Crippen LogP) is 3.52. The Morgan fingerprint density at radius 1 is 1.37 bits per heavy atom. The summed E-state index contributed by atoms with van der Waals surface area (Å²) in [4.78, 5) is 15.1. The maximum Gasteiger partial charge on any atom is 0.335 e. The molecule has 0 aliphatic heterocycles. The molecule has 4 heteroatoms. The molecule has 0 radical (unpaired) electrons. The van der Waals surface area contributed by atoms with Crippen molar-refractivity contribution in [2.24, 2.45) is 4.99 Å². The Morgan fingerprint density at radius 2 is 2.16 bits per heavy atom. The number of aromatic carboxylic acids is 1. The van der Waals surface area contributed by atoms with Crippen LogP contribution >= 0.6 is 0 Å². The minimum atomic E-state index is -0.942. The van der Waals surface area contributed by atoms with Crippen molar-refractivity contribution >= 4 is 17.9 Å². The zero-order chi connectivity index (χ0) is 13.8. The fourth-order valence-corrected chi connectivity index (χ4v) is 1.70. The summed E-state index contributed by atoms with van der Waals surface area (Å²) in [5.41, 5.74) is 1.88. The lowest BCUT2D eigenvalue weighted by molar-refractivity contribution is 0.0697. The molecule has 2 aromatic rings. The molecule has 0 saturated carbocycles. The molecule has 0 atom stereocenters. The first kappa shape index (κ1) is 13.1. The Labute approximate surface area is 112 Å². The van der Waals surface area contributed by atoms with Crippen LogP contribution in [0.3, 0.4) is 0 Å². The summed E-state index contributed by atoms with van der Waals surface area (Å²) >= 11 is 0. The van der Waals surface area contributed by atoms with Crippen LogP contribution in [0, 0.1) is 0 Å². The molecule has 98 valence electrons. The Bertz CT molecular complexity index is 612. The first-order valence-corrected chi connectivity index (χ1v) is 6.11. The zero-order valence-electron chi connectivity index (χ0n) is 10.9. The van der Waals surface area contributed by atoms with Gasteiger partial charge >= 0.3 is 5.97 Å². The predicted molar refractivity (Wildman–Crippen MR) is 75.5 cm³/mol. The van der Waals surface area contributed by atoms with E-state index in [1.165, 1.54) is 0 Å². The largest absolute Gasteiger partial charge is 0.478 e. The third kappa shape index (κ3) is 3.31. The van der Waals surface area contributed by atoms with Crippen LogP contribution in [0.4, 0.5) is 5.69 Å². The van der Waals surface area contributed by atoms with E-state index in [4.69, 9.17) is 5.11 Å². The second-order valence-electron chi connectivity index (χ2n) is 4.60. The summed E-state index contributed by atoms with van der Waals surface area (Å²) in [5.74, 6) is -0.942. The zero-order valence-corrected chi connectivity index (χ0v) is 10.9. The normalized spacial score (nSPS) is 11.3. The topological polar surface area (TPSA) is 54.6 Å². The summed E-state index contributed by atoms with van der Waals surface area (Å²) in [6.45, 7) is 4.22. The fourth-order valence-electron chi connectivity index (χ4n) is 1.70. The number of carboxylic acids is 1. The lowest BCUT2D eigenvalue weighted by atomic mass is 10.2. The smallest absolute Gasteiger partial charge is 0.335 e. The monoisotopic (exact) mass is 256 g/mol. The van der Waals surface area contributed by atoms with E-state index in [2.05, 4.69) is 23.4 Å². The molecule has 1 aromatic carbocycles. The van der Waals surface area contributed by atoms with Crippen molar-refractivity contribution in [3.63, 3.8) is 0 Å². The van der Waals surface area contributed by atoms with Crippen LogP contribution in [0.15, 0.2) is 47.7 Å². The second kappa shape index (κ2) is 5.52. The van der Waals surface area contributed by atoms with Crippen molar-refractivity contribution < 1.29 is 9.90 Å². The third-order valence-corrected chi connectivity index (χ3v) is 2.79. The number of rotatable bonds is 4. The Morgan fingerprint density at radius 3 is 2.79 bits per heavy atom. The van der Waals surface area contributed by atoms with Gasteiger partial charge in [-0.2, -0.15) is 0 Å². The van der Waals surface area contributed by atoms with Gasteiger partial charge < -0.3 is 9.67 Å². The molecule has 0 aliphatic rings. The van der Waals surface area contributed by atoms with Crippen molar-refractivity contribution in [2.45, 2.75) is 19.9 Å². The molecule has 2 rings (SSSR count). The lowest BCUT2D eigenvalue weighted by Gasteiger charge is -2.04. The molecule has 0 bridgehead atoms. The quantitative estimate of drug-likeness (QED) is 0.851. The van der Waals surface area contributed by atoms with Gasteiger partial charge in [0.1, 0.15) is 0 Å². The van der Waals surface area contributed by atoms with E-state index in [-0.39, 0.29) is 5.56 Å². The van der Waals surface area contributed by atoms with Gasteiger partial charge in [0.05, 0.1) is 11.3 Å². The number of hydrogen-bond donors (Lipinski definition) is 1. The van der Waals surface area contributed by atoms with Gasteiger partial charge in [0, 0.05) is 30.2 Å². The van der Waals surface area contributed by atoms with Crippen molar-refractivity contribution in [1.29, 1.82) is 0 Å². The first-order chi connectivity index (χ1) is 9.06. The highest BCUT2D eigenvalue weighted by Gasteiger charge is 2.02. The SMILES string of the molecule is CC(C)n1ccc(C=Nc2cccc(C(=O)O)c2)c1. The summed E-state index contributed by atoms with van der Waals surface area (Å²) in [7, 11) is 0. The minimum absolute atomic E-state index is 0.245. The molecule has 1 N–H and O–H groups in total. The van der Waals surface area contributed by atoms with Crippen molar-refractivity contribution in [2.75, 3.05) is 0 Å². The van der Waals surface area contributed by atoms with Crippen LogP contribution < -0.4 is 0 Å². The van der Waals surface area contributed by atoms with Crippen molar-refractivity contribution in [1.82, 2.24) is 4.57 Å². The number of nitrogens with zero attached hydrogens (tertiary/aromatic N) is 2. The van der Waals surface area contributed by atoms with Crippen molar-refractivity contribution in [3.8, 4) is 0 Å². The van der Waals surface area contributed by atoms with E-state index in [0.29, 0.717) is 11.7 Å². The number of hydrogen-bond acceptors (Lipinski definition) is 2. The van der Waals surface area contributed by atoms with Gasteiger partial charge in [0.25, 0.3) is 0 Å². The number of aliphatic imine (C=N–C) groups is 1. The maximum absolute atomic E-state index is 10.9. The molecule has 0 amide bonds. The van der Waals surface area contributed by atoms with E-state index in [1.54, 1.807) is 30.5 Å². The highest BCUT2D eigenvalue weighted by molar-refractivity contribution is 5.89. The van der Waals surface area contributed by atoms with Crippen LogP contribution in [0.25, 0.3) is 0 Å². The number of carbonyl (C=O) groups is 1. The van der Waals surface area contributed by atoms with Crippen LogP contribution in [0.1, 0.15) is 35.8 Å². The van der Waals surface area contributed by atoms with E-state index in [0.717, 1.165) is 5.56 Å². The number of aromatic nitrogens is 1. The van der Waals surface area contributed by atoms with E-state index < -0.39 is 5.97 Å². The van der Waals surface area contributed by atoms with Gasteiger partial charge in [-0.1, -0.05) is 6.07 Å². The van der Waals surface area contributed by atoms with E-state index in [1.807, 2.05) is 18.5 Å². The molecule has 1 aromatic heterocycles. The molecule has 1 heterocycles. The van der Waals surface area contributed by atoms with Crippen LogP contribution in [-0.2, 0) is 0 Å². The number of carboxylic acid groups (broad SMARTS) is 1. The van der Waals surface area contributed by atoms with Gasteiger partial charge in [0.2, 0.25) is 0 Å². The first-order valence-electron chi connectivity index (χ1n) is 6.11. The molecule has 0 saturated heterocycles. The summed E-state index contributed by atoms with van der Waals surface area (Å²) in [5, 5.41) is 8.90. The van der Waals surface area contributed by atoms with E-state index >= 15 is 0 Å². The third-order valence-electron chi connectivity index (χ3n) is 2.79. The lowest BCUT2D eigenvalue weighted by Crippen LogP contribution is -1.95. The molecular weight excluding hydrogens is 240 g/mol. The average molecular weight is 256 g/mol. The average Bonchev–Trinajstić information content (AvgIpc) is 2.85. The van der Waals surface area contributed by atoms with E-state index in [9.17, 15) is 4.79 Å². The second-order valence-corrected chi connectivity index (χ2v) is 4.60. The Kier molecular flexibility index (Phi) is 3.80. The van der Waals surface area contributed by atoms with Gasteiger partial charge in [-0.3, -0.25) is 4.99 Å². The van der Waals surface area contributed by atoms with Gasteiger partial charge in [-0.25, -0.2) is 4.79 Å². The van der Waals surface area contributed by atoms with Crippen molar-refractivity contribution in [3.05, 3.63) is 53.9 Å². The molecule has 0 aliphatic carbocycles. The summed E-state index contributed by atoms with van der Waals surface area (Å²) in [6, 6.07) is 8.97. The molecule has 0 spiro atoms. The van der Waals surface area contributed by atoms with Crippen LogP contribution in [0.2, 0.25) is 0 Å². The summed E-state index contributed by atoms with van der Waals surface area (Å²) in [6.07, 6.45) is 5.74. The maximum atomic E-state index is 10.9. The highest BCUT2D eigenvalue weighted by Crippen LogP contribution is 2.15. The molecule has 0 unspecified atom stereocenters. The van der Waals surface area contributed by atoms with Crippen LogP contribution in [0.5, 0.6) is 0 Å². The van der Waals surface area contributed by atoms with Gasteiger partial charge in [-0.15, -0.1) is 0 Å². The molecule has 19 heavy (non-hydrogen) atoms. The fraction of sp³-hybridized carbons (Fsp3) is 0.200.